The van der Waals surface area contributed by atoms with Gasteiger partial charge in [0.2, 0.25) is 6.79 Å². The number of benzene rings is 2. The zero-order chi connectivity index (χ0) is 17.9. The Morgan fingerprint density at radius 2 is 1.88 bits per heavy atom. The average molecular weight is 375 g/mol. The number of nitrogens with zero attached hydrogens (tertiary/aromatic N) is 1. The fourth-order valence-electron chi connectivity index (χ4n) is 3.30. The third-order valence-electron chi connectivity index (χ3n) is 4.76. The minimum Gasteiger partial charge on any atom is -0.454 e. The van der Waals surface area contributed by atoms with Gasteiger partial charge >= 0.3 is 6.03 Å². The summed E-state index contributed by atoms with van der Waals surface area (Å²) in [5, 5.41) is 3.44. The average Bonchev–Trinajstić information content (AvgIpc) is 3.12. The first-order chi connectivity index (χ1) is 12.7. The number of carbonyl (C=O) groups is 1. The second kappa shape index (κ2) is 7.43. The monoisotopic (exact) mass is 374 g/mol. The molecule has 2 aromatic rings. The number of ether oxygens (including phenoxy) is 2. The summed E-state index contributed by atoms with van der Waals surface area (Å²) < 4.78 is 10.8. The van der Waals surface area contributed by atoms with Gasteiger partial charge in [0, 0.05) is 5.56 Å². The van der Waals surface area contributed by atoms with Gasteiger partial charge < -0.3 is 24.6 Å². The number of piperazine rings is 1. The summed E-state index contributed by atoms with van der Waals surface area (Å²) in [6, 6.07) is 13.3. The highest BCUT2D eigenvalue weighted by molar-refractivity contribution is 6.33. The number of hydrogen-bond acceptors (Lipinski definition) is 3. The van der Waals surface area contributed by atoms with Crippen LogP contribution in [0.1, 0.15) is 5.56 Å². The molecule has 26 heavy (non-hydrogen) atoms. The van der Waals surface area contributed by atoms with E-state index >= 15 is 0 Å². The van der Waals surface area contributed by atoms with E-state index < -0.39 is 0 Å². The van der Waals surface area contributed by atoms with Gasteiger partial charge in [0.1, 0.15) is 6.54 Å². The number of rotatable bonds is 3. The first kappa shape index (κ1) is 17.0. The molecule has 7 heteroatoms. The molecule has 0 atom stereocenters. The van der Waals surface area contributed by atoms with Crippen molar-refractivity contribution in [2.75, 3.05) is 38.3 Å². The molecular weight excluding hydrogens is 354 g/mol. The van der Waals surface area contributed by atoms with Crippen molar-refractivity contribution in [3.05, 3.63) is 53.1 Å². The summed E-state index contributed by atoms with van der Waals surface area (Å²) in [6.07, 6.45) is 0. The van der Waals surface area contributed by atoms with Crippen molar-refractivity contribution in [1.82, 2.24) is 4.90 Å². The molecule has 2 amide bonds. The van der Waals surface area contributed by atoms with Crippen LogP contribution in [0.5, 0.6) is 11.5 Å². The zero-order valence-corrected chi connectivity index (χ0v) is 15.1. The van der Waals surface area contributed by atoms with Gasteiger partial charge in [-0.1, -0.05) is 23.7 Å². The van der Waals surface area contributed by atoms with E-state index in [1.54, 1.807) is 12.1 Å². The lowest BCUT2D eigenvalue weighted by Gasteiger charge is -2.32. The first-order valence-corrected chi connectivity index (χ1v) is 9.09. The van der Waals surface area contributed by atoms with Gasteiger partial charge in [0.15, 0.2) is 11.5 Å². The number of fused-ring (bicyclic) bond motifs is 1. The van der Waals surface area contributed by atoms with Crippen LogP contribution in [-0.2, 0) is 6.54 Å². The smallest absolute Gasteiger partial charge is 0.322 e. The van der Waals surface area contributed by atoms with Crippen LogP contribution in [0.2, 0.25) is 5.02 Å². The Kier molecular flexibility index (Phi) is 4.86. The van der Waals surface area contributed by atoms with Gasteiger partial charge in [-0.05, 0) is 30.3 Å². The van der Waals surface area contributed by atoms with Crippen LogP contribution in [0.4, 0.5) is 10.5 Å². The van der Waals surface area contributed by atoms with Crippen molar-refractivity contribution >= 4 is 23.3 Å². The van der Waals surface area contributed by atoms with Crippen molar-refractivity contribution in [3.63, 3.8) is 0 Å². The topological polar surface area (TPSA) is 55.2 Å². The molecule has 0 aromatic heterocycles. The van der Waals surface area contributed by atoms with Crippen molar-refractivity contribution in [1.29, 1.82) is 0 Å². The van der Waals surface area contributed by atoms with E-state index in [1.165, 1.54) is 10.5 Å². The van der Waals surface area contributed by atoms with Crippen molar-refractivity contribution in [3.8, 4) is 11.5 Å². The number of urea groups is 1. The summed E-state index contributed by atoms with van der Waals surface area (Å²) in [6.45, 7) is 4.46. The third-order valence-corrected chi connectivity index (χ3v) is 5.09. The fourth-order valence-corrected chi connectivity index (χ4v) is 3.48. The highest BCUT2D eigenvalue weighted by Crippen LogP contribution is 2.32. The lowest BCUT2D eigenvalue weighted by Crippen LogP contribution is -3.13. The van der Waals surface area contributed by atoms with Crippen LogP contribution in [0.15, 0.2) is 42.5 Å². The molecule has 0 aliphatic carbocycles. The maximum Gasteiger partial charge on any atom is 0.322 e. The SMILES string of the molecule is O=C(Nc1ccccc1Cl)N1CC[NH+](Cc2ccc3c(c2)OCO3)CC1. The minimum absolute atomic E-state index is 0.0970. The molecule has 0 saturated carbocycles. The molecular formula is C19H21ClN3O3+. The molecule has 0 spiro atoms. The first-order valence-electron chi connectivity index (χ1n) is 8.71. The number of anilines is 1. The maximum absolute atomic E-state index is 12.4. The molecule has 0 bridgehead atoms. The van der Waals surface area contributed by atoms with E-state index in [-0.39, 0.29) is 6.03 Å². The Morgan fingerprint density at radius 3 is 2.69 bits per heavy atom. The summed E-state index contributed by atoms with van der Waals surface area (Å²) in [4.78, 5) is 15.7. The molecule has 136 valence electrons. The molecule has 0 radical (unpaired) electrons. The molecule has 2 aromatic carbocycles. The zero-order valence-electron chi connectivity index (χ0n) is 14.3. The van der Waals surface area contributed by atoms with E-state index in [2.05, 4.69) is 11.4 Å². The van der Waals surface area contributed by atoms with Gasteiger partial charge in [-0.15, -0.1) is 0 Å². The van der Waals surface area contributed by atoms with Gasteiger partial charge in [-0.25, -0.2) is 4.79 Å². The molecule has 1 saturated heterocycles. The van der Waals surface area contributed by atoms with E-state index in [0.717, 1.165) is 44.2 Å². The van der Waals surface area contributed by atoms with Gasteiger partial charge in [-0.2, -0.15) is 0 Å². The Hall–Kier alpha value is -2.44. The number of hydrogen-bond donors (Lipinski definition) is 2. The minimum atomic E-state index is -0.0970. The van der Waals surface area contributed by atoms with Gasteiger partial charge in [0.25, 0.3) is 0 Å². The highest BCUT2D eigenvalue weighted by atomic mass is 35.5. The number of halogens is 1. The predicted molar refractivity (Wildman–Crippen MR) is 99.0 cm³/mol. The fraction of sp³-hybridized carbons (Fsp3) is 0.316. The van der Waals surface area contributed by atoms with Gasteiger partial charge in [0.05, 0.1) is 36.9 Å². The van der Waals surface area contributed by atoms with Crippen LogP contribution in [0.25, 0.3) is 0 Å². The number of carbonyl (C=O) groups excluding carboxylic acids is 1. The Balaban J connectivity index is 1.30. The van der Waals surface area contributed by atoms with E-state index in [9.17, 15) is 4.79 Å². The molecule has 4 rings (SSSR count). The number of para-hydroxylation sites is 1. The molecule has 0 unspecified atom stereocenters. The lowest BCUT2D eigenvalue weighted by atomic mass is 10.1. The number of quaternary nitrogens is 1. The van der Waals surface area contributed by atoms with Crippen LogP contribution in [0, 0.1) is 0 Å². The molecule has 2 aliphatic heterocycles. The second-order valence-corrected chi connectivity index (χ2v) is 6.92. The molecule has 2 aliphatic rings. The summed E-state index contributed by atoms with van der Waals surface area (Å²) in [5.74, 6) is 1.63. The summed E-state index contributed by atoms with van der Waals surface area (Å²) in [5.41, 5.74) is 1.87. The highest BCUT2D eigenvalue weighted by Gasteiger charge is 2.24. The lowest BCUT2D eigenvalue weighted by molar-refractivity contribution is -0.917. The maximum atomic E-state index is 12.4. The number of amides is 2. The van der Waals surface area contributed by atoms with Crippen LogP contribution >= 0.6 is 11.6 Å². The Bertz CT molecular complexity index is 806. The standard InChI is InChI=1S/C19H20ClN3O3/c20-15-3-1-2-4-16(15)21-19(24)23-9-7-22(8-10-23)12-14-5-6-17-18(11-14)26-13-25-17/h1-6,11H,7-10,12-13H2,(H,21,24)/p+1. The van der Waals surface area contributed by atoms with Crippen molar-refractivity contribution in [2.45, 2.75) is 6.54 Å². The third kappa shape index (κ3) is 3.71. The Morgan fingerprint density at radius 1 is 1.12 bits per heavy atom. The van der Waals surface area contributed by atoms with Crippen LogP contribution < -0.4 is 19.7 Å². The van der Waals surface area contributed by atoms with Gasteiger partial charge in [-0.3, -0.25) is 0 Å². The normalized spacial score (nSPS) is 16.6. The van der Waals surface area contributed by atoms with Crippen molar-refractivity contribution < 1.29 is 19.2 Å². The van der Waals surface area contributed by atoms with Crippen LogP contribution in [-0.4, -0.2) is 43.9 Å². The molecule has 1 fully saturated rings. The number of nitrogens with one attached hydrogen (secondary N) is 2. The molecule has 2 heterocycles. The largest absolute Gasteiger partial charge is 0.454 e. The second-order valence-electron chi connectivity index (χ2n) is 6.51. The predicted octanol–water partition coefficient (Wildman–Crippen LogP) is 2.00. The van der Waals surface area contributed by atoms with E-state index in [1.807, 2.05) is 29.2 Å². The summed E-state index contributed by atoms with van der Waals surface area (Å²) >= 11 is 6.10. The Labute approximate surface area is 157 Å². The summed E-state index contributed by atoms with van der Waals surface area (Å²) in [7, 11) is 0. The van der Waals surface area contributed by atoms with Crippen molar-refractivity contribution in [2.24, 2.45) is 0 Å². The van der Waals surface area contributed by atoms with E-state index in [4.69, 9.17) is 21.1 Å². The van der Waals surface area contributed by atoms with Crippen LogP contribution in [0.3, 0.4) is 0 Å². The quantitative estimate of drug-likeness (QED) is 0.864. The van der Waals surface area contributed by atoms with E-state index in [0.29, 0.717) is 17.5 Å². The molecule has 6 nitrogen and oxygen atoms in total. The molecule has 2 N–H and O–H groups in total.